The largest absolute Gasteiger partial charge is 0.468 e. The van der Waals surface area contributed by atoms with Crippen LogP contribution in [0.1, 0.15) is 31.0 Å². The fraction of sp³-hybridized carbons (Fsp3) is 0.667. The highest BCUT2D eigenvalue weighted by atomic mass is 16.5. The van der Waals surface area contributed by atoms with Crippen LogP contribution in [0.15, 0.2) is 6.20 Å². The summed E-state index contributed by atoms with van der Waals surface area (Å²) < 4.78 is 4.71. The number of aromatic nitrogens is 2. The second-order valence-electron chi connectivity index (χ2n) is 4.06. The van der Waals surface area contributed by atoms with E-state index in [2.05, 4.69) is 15.5 Å². The molecular weight excluding hydrogens is 218 g/mol. The van der Waals surface area contributed by atoms with Crippen molar-refractivity contribution in [3.8, 4) is 0 Å². The van der Waals surface area contributed by atoms with E-state index in [1.54, 1.807) is 0 Å². The van der Waals surface area contributed by atoms with E-state index in [1.165, 1.54) is 12.7 Å². The number of nitrogens with zero attached hydrogens (tertiary/aromatic N) is 1. The van der Waals surface area contributed by atoms with Crippen LogP contribution in [0.3, 0.4) is 0 Å². The molecule has 1 atom stereocenters. The van der Waals surface area contributed by atoms with Gasteiger partial charge in [-0.1, -0.05) is 6.92 Å². The fourth-order valence-corrected chi connectivity index (χ4v) is 1.72. The van der Waals surface area contributed by atoms with Crippen LogP contribution >= 0.6 is 0 Å². The van der Waals surface area contributed by atoms with E-state index in [4.69, 9.17) is 4.74 Å². The van der Waals surface area contributed by atoms with Crippen LogP contribution in [-0.4, -0.2) is 35.9 Å². The highest BCUT2D eigenvalue weighted by Gasteiger charge is 2.15. The third kappa shape index (κ3) is 4.19. The number of carbonyl (C=O) groups is 1. The van der Waals surface area contributed by atoms with Crippen LogP contribution in [0, 0.1) is 6.92 Å². The summed E-state index contributed by atoms with van der Waals surface area (Å²) in [5, 5.41) is 10.1. The molecule has 2 N–H and O–H groups in total. The van der Waals surface area contributed by atoms with Gasteiger partial charge in [0.2, 0.25) is 0 Å². The maximum atomic E-state index is 11.3. The topological polar surface area (TPSA) is 67.0 Å². The molecule has 1 rings (SSSR count). The normalized spacial score (nSPS) is 12.4. The Bertz CT molecular complexity index is 349. The average molecular weight is 239 g/mol. The summed E-state index contributed by atoms with van der Waals surface area (Å²) in [5.41, 5.74) is 2.35. The highest BCUT2D eigenvalue weighted by Crippen LogP contribution is 2.05. The number of ether oxygens (including phenoxy) is 1. The van der Waals surface area contributed by atoms with Crippen LogP contribution in [0.5, 0.6) is 0 Å². The first kappa shape index (κ1) is 13.7. The fourth-order valence-electron chi connectivity index (χ4n) is 1.72. The van der Waals surface area contributed by atoms with Crippen molar-refractivity contribution in [1.29, 1.82) is 0 Å². The summed E-state index contributed by atoms with van der Waals surface area (Å²) in [7, 11) is 1.42. The molecular formula is C12H21N3O2. The van der Waals surface area contributed by atoms with E-state index in [0.717, 1.165) is 31.5 Å². The average Bonchev–Trinajstić information content (AvgIpc) is 2.74. The van der Waals surface area contributed by atoms with E-state index < -0.39 is 0 Å². The lowest BCUT2D eigenvalue weighted by molar-refractivity contribution is -0.143. The van der Waals surface area contributed by atoms with Crippen LogP contribution in [0.2, 0.25) is 0 Å². The molecule has 1 unspecified atom stereocenters. The summed E-state index contributed by atoms with van der Waals surface area (Å²) in [6.07, 6.45) is 4.55. The van der Waals surface area contributed by atoms with Crippen molar-refractivity contribution in [3.63, 3.8) is 0 Å². The summed E-state index contributed by atoms with van der Waals surface area (Å²) >= 11 is 0. The Morgan fingerprint density at radius 3 is 2.94 bits per heavy atom. The van der Waals surface area contributed by atoms with Crippen LogP contribution in [-0.2, 0) is 16.0 Å². The number of hydrogen-bond donors (Lipinski definition) is 2. The standard InChI is InChI=1S/C12H21N3O2/c1-4-11(12(16)17-3)13-7-5-6-10-8-14-15-9(10)2/h8,11,13H,4-7H2,1-3H3,(H,14,15). The molecule has 0 spiro atoms. The number of H-pyrrole nitrogens is 1. The molecule has 1 aromatic heterocycles. The monoisotopic (exact) mass is 239 g/mol. The second kappa shape index (κ2) is 7.06. The molecule has 0 saturated carbocycles. The van der Waals surface area contributed by atoms with Gasteiger partial charge in [0.15, 0.2) is 0 Å². The van der Waals surface area contributed by atoms with Crippen LogP contribution in [0.25, 0.3) is 0 Å². The number of nitrogens with one attached hydrogen (secondary N) is 2. The third-order valence-corrected chi connectivity index (χ3v) is 2.84. The van der Waals surface area contributed by atoms with Crippen molar-refractivity contribution < 1.29 is 9.53 Å². The molecule has 0 aliphatic rings. The minimum atomic E-state index is -0.189. The van der Waals surface area contributed by atoms with E-state index in [9.17, 15) is 4.79 Å². The molecule has 0 aliphatic heterocycles. The van der Waals surface area contributed by atoms with E-state index in [0.29, 0.717) is 0 Å². The van der Waals surface area contributed by atoms with Crippen molar-refractivity contribution in [2.45, 2.75) is 39.2 Å². The van der Waals surface area contributed by atoms with Crippen LogP contribution < -0.4 is 5.32 Å². The number of esters is 1. The lowest BCUT2D eigenvalue weighted by Gasteiger charge is -2.13. The van der Waals surface area contributed by atoms with Gasteiger partial charge in [-0.3, -0.25) is 9.89 Å². The van der Waals surface area contributed by atoms with Gasteiger partial charge < -0.3 is 10.1 Å². The maximum absolute atomic E-state index is 11.3. The van der Waals surface area contributed by atoms with Gasteiger partial charge in [0.25, 0.3) is 0 Å². The molecule has 5 heteroatoms. The van der Waals surface area contributed by atoms with Gasteiger partial charge in [0, 0.05) is 5.69 Å². The lowest BCUT2D eigenvalue weighted by atomic mass is 10.1. The lowest BCUT2D eigenvalue weighted by Crippen LogP contribution is -2.37. The minimum Gasteiger partial charge on any atom is -0.468 e. The Morgan fingerprint density at radius 1 is 1.65 bits per heavy atom. The molecule has 1 aromatic rings. The Labute approximate surface area is 102 Å². The quantitative estimate of drug-likeness (QED) is 0.554. The third-order valence-electron chi connectivity index (χ3n) is 2.84. The Balaban J connectivity index is 2.23. The first-order valence-corrected chi connectivity index (χ1v) is 5.99. The van der Waals surface area contributed by atoms with Crippen molar-refractivity contribution >= 4 is 5.97 Å². The molecule has 5 nitrogen and oxygen atoms in total. The number of rotatable bonds is 7. The highest BCUT2D eigenvalue weighted by molar-refractivity contribution is 5.75. The summed E-state index contributed by atoms with van der Waals surface area (Å²) in [6.45, 7) is 4.78. The van der Waals surface area contributed by atoms with Gasteiger partial charge in [-0.25, -0.2) is 0 Å². The number of aromatic amines is 1. The zero-order valence-electron chi connectivity index (χ0n) is 10.7. The number of aryl methyl sites for hydroxylation is 2. The number of carbonyl (C=O) groups excluding carboxylic acids is 1. The van der Waals surface area contributed by atoms with Crippen molar-refractivity contribution in [3.05, 3.63) is 17.5 Å². The van der Waals surface area contributed by atoms with Gasteiger partial charge in [-0.15, -0.1) is 0 Å². The molecule has 17 heavy (non-hydrogen) atoms. The number of hydrogen-bond acceptors (Lipinski definition) is 4. The molecule has 96 valence electrons. The van der Waals surface area contributed by atoms with Crippen molar-refractivity contribution in [2.24, 2.45) is 0 Å². The van der Waals surface area contributed by atoms with E-state index in [1.807, 2.05) is 20.0 Å². The SMILES string of the molecule is CCC(NCCCc1cn[nH]c1C)C(=O)OC. The zero-order chi connectivity index (χ0) is 12.7. The first-order chi connectivity index (χ1) is 8.19. The predicted octanol–water partition coefficient (Wildman–Crippen LogP) is 1.19. The Kier molecular flexibility index (Phi) is 5.69. The maximum Gasteiger partial charge on any atom is 0.322 e. The molecule has 0 radical (unpaired) electrons. The smallest absolute Gasteiger partial charge is 0.322 e. The molecule has 0 fully saturated rings. The first-order valence-electron chi connectivity index (χ1n) is 5.99. The van der Waals surface area contributed by atoms with E-state index in [-0.39, 0.29) is 12.0 Å². The van der Waals surface area contributed by atoms with Gasteiger partial charge in [0.1, 0.15) is 6.04 Å². The molecule has 0 saturated heterocycles. The van der Waals surface area contributed by atoms with Crippen molar-refractivity contribution in [1.82, 2.24) is 15.5 Å². The minimum absolute atomic E-state index is 0.188. The van der Waals surface area contributed by atoms with E-state index >= 15 is 0 Å². The van der Waals surface area contributed by atoms with Gasteiger partial charge in [-0.2, -0.15) is 5.10 Å². The molecule has 0 amide bonds. The Hall–Kier alpha value is -1.36. The summed E-state index contributed by atoms with van der Waals surface area (Å²) in [4.78, 5) is 11.3. The summed E-state index contributed by atoms with van der Waals surface area (Å²) in [5.74, 6) is -0.188. The van der Waals surface area contributed by atoms with Crippen LogP contribution in [0.4, 0.5) is 0 Å². The van der Waals surface area contributed by atoms with Crippen molar-refractivity contribution in [2.75, 3.05) is 13.7 Å². The Morgan fingerprint density at radius 2 is 2.41 bits per heavy atom. The molecule has 0 bridgehead atoms. The van der Waals surface area contributed by atoms with Gasteiger partial charge in [0.05, 0.1) is 13.3 Å². The molecule has 0 aromatic carbocycles. The molecule has 1 heterocycles. The van der Waals surface area contributed by atoms with Gasteiger partial charge in [-0.05, 0) is 38.3 Å². The van der Waals surface area contributed by atoms with Gasteiger partial charge >= 0.3 is 5.97 Å². The second-order valence-corrected chi connectivity index (χ2v) is 4.06. The predicted molar refractivity (Wildman–Crippen MR) is 65.7 cm³/mol. The number of methoxy groups -OCH3 is 1. The summed E-state index contributed by atoms with van der Waals surface area (Å²) in [6, 6.07) is -0.189. The molecule has 0 aliphatic carbocycles. The zero-order valence-corrected chi connectivity index (χ0v) is 10.7.